The average Bonchev–Trinajstić information content (AvgIpc) is 3.61. The van der Waals surface area contributed by atoms with Crippen molar-refractivity contribution in [3.63, 3.8) is 0 Å². The summed E-state index contributed by atoms with van der Waals surface area (Å²) in [6.07, 6.45) is 0. The Labute approximate surface area is 252 Å². The first-order valence-corrected chi connectivity index (χ1v) is 14.0. The summed E-state index contributed by atoms with van der Waals surface area (Å²) >= 11 is 0. The van der Waals surface area contributed by atoms with Crippen molar-refractivity contribution >= 4 is 43.6 Å². The van der Waals surface area contributed by atoms with Crippen LogP contribution in [0.1, 0.15) is 16.7 Å². The van der Waals surface area contributed by atoms with Crippen LogP contribution in [0, 0.1) is 46.1 Å². The third-order valence-electron chi connectivity index (χ3n) is 8.25. The van der Waals surface area contributed by atoms with Gasteiger partial charge in [0.2, 0.25) is 0 Å². The molecular formula is C39H19N5. The van der Waals surface area contributed by atoms with Crippen LogP contribution in [-0.2, 0) is 0 Å². The Morgan fingerprint density at radius 1 is 0.545 bits per heavy atom. The molecule has 0 N–H and O–H groups in total. The van der Waals surface area contributed by atoms with E-state index in [2.05, 4.69) is 69.8 Å². The Kier molecular flexibility index (Phi) is 5.47. The fraction of sp³-hybridized carbons (Fsp3) is 0. The van der Waals surface area contributed by atoms with Gasteiger partial charge in [0, 0.05) is 33.0 Å². The van der Waals surface area contributed by atoms with Crippen molar-refractivity contribution in [2.75, 3.05) is 0 Å². The van der Waals surface area contributed by atoms with E-state index in [1.165, 1.54) is 0 Å². The first kappa shape index (κ1) is 25.0. The number of fused-ring (bicyclic) bond motifs is 6. The third kappa shape index (κ3) is 3.52. The predicted octanol–water partition coefficient (Wildman–Crippen LogP) is 8.76. The maximum Gasteiger partial charge on any atom is 0.101 e. The Balaban J connectivity index is 1.58. The van der Waals surface area contributed by atoms with Gasteiger partial charge < -0.3 is 9.13 Å². The molecule has 6 aromatic carbocycles. The molecule has 2 heterocycles. The van der Waals surface area contributed by atoms with Gasteiger partial charge in [-0.3, -0.25) is 0 Å². The van der Waals surface area contributed by atoms with Crippen molar-refractivity contribution in [3.05, 3.63) is 144 Å². The molecule has 0 atom stereocenters. The van der Waals surface area contributed by atoms with Crippen molar-refractivity contribution in [2.24, 2.45) is 0 Å². The van der Waals surface area contributed by atoms with E-state index >= 15 is 0 Å². The van der Waals surface area contributed by atoms with Gasteiger partial charge in [0.25, 0.3) is 0 Å². The van der Waals surface area contributed by atoms with Crippen LogP contribution in [0.4, 0.5) is 0 Å². The summed E-state index contributed by atoms with van der Waals surface area (Å²) in [6, 6.07) is 50.8. The summed E-state index contributed by atoms with van der Waals surface area (Å²) in [5, 5.41) is 33.4. The maximum absolute atomic E-state index is 10.1. The number of hydrogen-bond donors (Lipinski definition) is 0. The van der Waals surface area contributed by atoms with Gasteiger partial charge in [-0.05, 0) is 60.7 Å². The molecule has 0 aliphatic heterocycles. The highest BCUT2D eigenvalue weighted by molar-refractivity contribution is 6.18. The number of nitrogens with zero attached hydrogens (tertiary/aromatic N) is 5. The Hall–Kier alpha value is -6.79. The maximum atomic E-state index is 10.1. The molecule has 0 unspecified atom stereocenters. The molecule has 0 saturated carbocycles. The van der Waals surface area contributed by atoms with E-state index in [9.17, 15) is 15.8 Å². The fourth-order valence-corrected chi connectivity index (χ4v) is 6.43. The highest BCUT2D eigenvalue weighted by atomic mass is 15.0. The van der Waals surface area contributed by atoms with E-state index in [-0.39, 0.29) is 0 Å². The van der Waals surface area contributed by atoms with E-state index in [1.54, 1.807) is 6.07 Å². The van der Waals surface area contributed by atoms with Crippen LogP contribution in [0.2, 0.25) is 0 Å². The normalized spacial score (nSPS) is 10.9. The largest absolute Gasteiger partial charge is 0.309 e. The molecule has 2 aromatic heterocycles. The summed E-state index contributed by atoms with van der Waals surface area (Å²) in [7, 11) is 0. The molecule has 0 aliphatic rings. The quantitative estimate of drug-likeness (QED) is 0.218. The van der Waals surface area contributed by atoms with Crippen LogP contribution >= 0.6 is 0 Å². The van der Waals surface area contributed by atoms with E-state index in [0.717, 1.165) is 66.1 Å². The Morgan fingerprint density at radius 3 is 2.16 bits per heavy atom. The van der Waals surface area contributed by atoms with Gasteiger partial charge in [0.15, 0.2) is 0 Å². The van der Waals surface area contributed by atoms with E-state index in [4.69, 9.17) is 0 Å². The molecule has 0 bridgehead atoms. The van der Waals surface area contributed by atoms with Gasteiger partial charge in [-0.2, -0.15) is 15.8 Å². The molecule has 8 aromatic rings. The van der Waals surface area contributed by atoms with E-state index in [1.807, 2.05) is 78.9 Å². The highest BCUT2D eigenvalue weighted by Crippen LogP contribution is 2.43. The van der Waals surface area contributed by atoms with Crippen LogP contribution < -0.4 is 0 Å². The molecule has 0 saturated heterocycles. The van der Waals surface area contributed by atoms with Crippen molar-refractivity contribution in [3.8, 4) is 40.7 Å². The van der Waals surface area contributed by atoms with Gasteiger partial charge in [-0.15, -0.1) is 0 Å². The lowest BCUT2D eigenvalue weighted by Crippen LogP contribution is -2.00. The number of hydrogen-bond acceptors (Lipinski definition) is 3. The summed E-state index contributed by atoms with van der Waals surface area (Å²) in [5.74, 6) is 0. The monoisotopic (exact) mass is 557 g/mol. The minimum atomic E-state index is 0.537. The van der Waals surface area contributed by atoms with Crippen molar-refractivity contribution in [1.82, 2.24) is 9.13 Å². The number of rotatable bonds is 3. The molecule has 0 amide bonds. The molecule has 200 valence electrons. The van der Waals surface area contributed by atoms with Crippen LogP contribution in [0.5, 0.6) is 0 Å². The smallest absolute Gasteiger partial charge is 0.101 e. The number of aromatic nitrogens is 2. The van der Waals surface area contributed by atoms with Gasteiger partial charge in [0.05, 0.1) is 62.0 Å². The van der Waals surface area contributed by atoms with Crippen LogP contribution in [0.3, 0.4) is 0 Å². The topological polar surface area (TPSA) is 81.2 Å². The summed E-state index contributed by atoms with van der Waals surface area (Å²) in [4.78, 5) is 0. The second-order valence-electron chi connectivity index (χ2n) is 10.6. The summed E-state index contributed by atoms with van der Waals surface area (Å²) in [6.45, 7) is 0. The zero-order valence-corrected chi connectivity index (χ0v) is 23.2. The standard InChI is InChI=1S/C39H19N5/c40-22-25-8-5-10-28(20-25)43-36-17-4-2-11-29(36)30-12-6-13-31(38(30)43)32-14-7-15-33-34-21-26(23-41)18-19-37(34)44(39(32)33)35-16-3-1-9-27(35)24-42/h1-6,8-14,16-21H. The molecule has 5 heteroatoms. The molecule has 0 fully saturated rings. The molecule has 0 spiro atoms. The zero-order valence-electron chi connectivity index (χ0n) is 23.2. The van der Waals surface area contributed by atoms with Gasteiger partial charge in [-0.25, -0.2) is 0 Å². The fourth-order valence-electron chi connectivity index (χ4n) is 6.43. The van der Waals surface area contributed by atoms with Gasteiger partial charge in [-0.1, -0.05) is 66.7 Å². The molecule has 8 rings (SSSR count). The van der Waals surface area contributed by atoms with Crippen LogP contribution in [0.25, 0.3) is 66.1 Å². The molecule has 0 aliphatic carbocycles. The Bertz CT molecular complexity index is 2600. The number of para-hydroxylation sites is 3. The van der Waals surface area contributed by atoms with Crippen molar-refractivity contribution < 1.29 is 0 Å². The SMILES string of the molecule is N#Cc1cccc(-n2c3ccccc3c3cccc(-c4cc#cc5c6cc(C#N)ccc6n(-c6ccccc6C#N)c45)c32)c1. The molecule has 5 nitrogen and oxygen atoms in total. The zero-order chi connectivity index (χ0) is 29.8. The lowest BCUT2D eigenvalue weighted by atomic mass is 10.00. The molecule has 44 heavy (non-hydrogen) atoms. The third-order valence-corrected chi connectivity index (χ3v) is 8.25. The highest BCUT2D eigenvalue weighted by Gasteiger charge is 2.22. The minimum absolute atomic E-state index is 0.537. The minimum Gasteiger partial charge on any atom is -0.309 e. The van der Waals surface area contributed by atoms with Crippen molar-refractivity contribution in [1.29, 1.82) is 15.8 Å². The lowest BCUT2D eigenvalue weighted by molar-refractivity contribution is 1.16. The van der Waals surface area contributed by atoms with Crippen molar-refractivity contribution in [2.45, 2.75) is 0 Å². The molecule has 0 radical (unpaired) electrons. The summed E-state index contributed by atoms with van der Waals surface area (Å²) in [5.41, 5.74) is 8.93. The second kappa shape index (κ2) is 9.65. The van der Waals surface area contributed by atoms with Gasteiger partial charge in [0.1, 0.15) is 6.07 Å². The summed E-state index contributed by atoms with van der Waals surface area (Å²) < 4.78 is 4.32. The van der Waals surface area contributed by atoms with Gasteiger partial charge >= 0.3 is 0 Å². The number of benzene rings is 5. The molecular weight excluding hydrogens is 538 g/mol. The number of nitriles is 3. The first-order valence-electron chi connectivity index (χ1n) is 14.0. The van der Waals surface area contributed by atoms with E-state index < -0.39 is 0 Å². The van der Waals surface area contributed by atoms with Crippen LogP contribution in [-0.4, -0.2) is 9.13 Å². The average molecular weight is 558 g/mol. The Morgan fingerprint density at radius 2 is 1.30 bits per heavy atom. The first-order chi connectivity index (χ1) is 21.7. The lowest BCUT2D eigenvalue weighted by Gasteiger charge is -2.15. The van der Waals surface area contributed by atoms with Crippen LogP contribution in [0.15, 0.2) is 115 Å². The predicted molar refractivity (Wildman–Crippen MR) is 172 cm³/mol. The second-order valence-corrected chi connectivity index (χ2v) is 10.6. The van der Waals surface area contributed by atoms with E-state index in [0.29, 0.717) is 16.7 Å².